The number of nitrogens with zero attached hydrogens (tertiary/aromatic N) is 3. The number of amides is 2. The van der Waals surface area contributed by atoms with Gasteiger partial charge in [-0.2, -0.15) is 0 Å². The molecule has 12 aromatic rings. The van der Waals surface area contributed by atoms with E-state index in [0.29, 0.717) is 39.1 Å². The average Bonchev–Trinajstić information content (AvgIpc) is 1.87. The molecule has 0 bridgehead atoms. The lowest BCUT2D eigenvalue weighted by Gasteiger charge is -2.39. The van der Waals surface area contributed by atoms with Gasteiger partial charge in [0.25, 0.3) is 0 Å². The number of H-pyrrole nitrogens is 4. The normalized spacial score (nSPS) is 17.8. The molecule has 1 fully saturated rings. The summed E-state index contributed by atoms with van der Waals surface area (Å²) in [6.45, 7) is 4.92. The van der Waals surface area contributed by atoms with Crippen LogP contribution in [0.3, 0.4) is 0 Å². The summed E-state index contributed by atoms with van der Waals surface area (Å²) in [6, 6.07) is 56.8. The Morgan fingerprint density at radius 1 is 0.510 bits per heavy atom. The minimum Gasteiger partial charge on any atom is -0.448 e. The van der Waals surface area contributed by atoms with Crippen LogP contribution < -0.4 is 10.6 Å². The minimum atomic E-state index is -0.386. The zero-order valence-electron chi connectivity index (χ0n) is 55.5. The Kier molecular flexibility index (Phi) is 22.8. The molecule has 4 aromatic heterocycles. The lowest BCUT2D eigenvalue weighted by molar-refractivity contribution is -0.130. The number of nitrogens with one attached hydrogen (secondary N) is 6. The predicted molar refractivity (Wildman–Crippen MR) is 433 cm³/mol. The molecule has 102 heavy (non-hydrogen) atoms. The van der Waals surface area contributed by atoms with E-state index in [0.717, 1.165) is 112 Å². The van der Waals surface area contributed by atoms with E-state index >= 15 is 0 Å². The topological polar surface area (TPSA) is 140 Å². The molecule has 17 rings (SSSR count). The predicted octanol–water partition coefficient (Wildman–Crippen LogP) is 22.4. The Labute approximate surface area is 653 Å². The SMILES string of the molecule is CC(=O)N1CCc2c([nH]c3ccc(Br)cc23)C1c1ccccc1.Clc1cccc(C2NCCc3c2[nH]c2ccc(Br)cc32)c1Cl.O=C(OCCCl)N1CCc2c([nH]c3ccc(Cl)cc23)C1c1cccc(Cl)c1.S=C(NC1CCCCC1)N1CCc2c([nH]c3ccc(Br)cc23)C1c1cccc(Cl)c1. The molecule has 2 amide bonds. The van der Waals surface area contributed by atoms with Crippen LogP contribution >= 0.6 is 130 Å². The van der Waals surface area contributed by atoms with Crippen molar-refractivity contribution in [3.63, 3.8) is 0 Å². The number of alkyl halides is 1. The average molecular weight is 1690 g/mol. The van der Waals surface area contributed by atoms with Crippen LogP contribution in [0.2, 0.25) is 25.1 Å². The lowest BCUT2D eigenvalue weighted by Crippen LogP contribution is -2.49. The summed E-state index contributed by atoms with van der Waals surface area (Å²) < 4.78 is 8.59. The standard InChI is InChI=1S/C24H25BrClN3S.C20H17Cl3N2O2.C19H17BrN2O.C17H13BrCl2N2/c25-16-9-10-21-20(14-16)19-11-12-29(24(30)27-18-7-2-1-3-8-18)23(22(19)28-21)15-5-4-6-17(26)13-15;21-7-9-27-20(26)25-8-6-15-16-11-14(23)4-5-17(16)24-18(15)19(25)12-2-1-3-13(22)10-12;1-12(23)22-10-9-15-16-11-14(20)7-8-17(16)21-18(15)19(22)13-5-3-2-4-6-13;18-9-4-5-14-12(8-9)10-6-7-21-16(17(10)22-14)11-2-1-3-13(19)15(11)20/h4-6,9-10,13-14,18,23,28H,1-3,7-8,11-12H2,(H,27,30);1-5,10-11,19,24H,6-9H2;2-8,11,19,21H,9-10H2,1H3;1-5,8,16,21-22H,6-7H2. The van der Waals surface area contributed by atoms with Gasteiger partial charge in [-0.15, -0.1) is 11.6 Å². The van der Waals surface area contributed by atoms with Gasteiger partial charge in [0.05, 0.1) is 34.1 Å². The van der Waals surface area contributed by atoms with Gasteiger partial charge in [0.1, 0.15) is 12.6 Å². The van der Waals surface area contributed by atoms with Crippen LogP contribution in [0.25, 0.3) is 43.6 Å². The number of hydrogen-bond acceptors (Lipinski definition) is 5. The molecule has 4 aliphatic heterocycles. The van der Waals surface area contributed by atoms with Crippen molar-refractivity contribution in [2.24, 2.45) is 0 Å². The molecular formula is C80H72Br3Cl6N9O3S. The van der Waals surface area contributed by atoms with Crippen molar-refractivity contribution in [2.75, 3.05) is 38.7 Å². The molecular weight excluding hydrogens is 1620 g/mol. The molecule has 0 spiro atoms. The first-order valence-electron chi connectivity index (χ1n) is 34.2. The van der Waals surface area contributed by atoms with E-state index in [1.807, 2.05) is 102 Å². The largest absolute Gasteiger partial charge is 0.448 e. The van der Waals surface area contributed by atoms with E-state index in [1.165, 1.54) is 93.0 Å². The first-order valence-corrected chi connectivity index (χ1v) is 39.5. The van der Waals surface area contributed by atoms with Gasteiger partial charge in [0.15, 0.2) is 5.11 Å². The molecule has 8 heterocycles. The smallest absolute Gasteiger partial charge is 0.410 e. The Morgan fingerprint density at radius 3 is 1.51 bits per heavy atom. The van der Waals surface area contributed by atoms with Crippen LogP contribution in [0.4, 0.5) is 4.79 Å². The molecule has 6 N–H and O–H groups in total. The number of carbonyl (C=O) groups excluding carboxylic acids is 2. The van der Waals surface area contributed by atoms with Crippen molar-refractivity contribution < 1.29 is 14.3 Å². The maximum Gasteiger partial charge on any atom is 0.410 e. The summed E-state index contributed by atoms with van der Waals surface area (Å²) in [7, 11) is 0. The molecule has 22 heteroatoms. The van der Waals surface area contributed by atoms with E-state index in [2.05, 4.69) is 156 Å². The van der Waals surface area contributed by atoms with Gasteiger partial charge in [-0.05, 0) is 198 Å². The highest BCUT2D eigenvalue weighted by Gasteiger charge is 2.38. The fourth-order valence-electron chi connectivity index (χ4n) is 15.5. The second kappa shape index (κ2) is 32.1. The van der Waals surface area contributed by atoms with Crippen LogP contribution in [0.15, 0.2) is 183 Å². The highest BCUT2D eigenvalue weighted by molar-refractivity contribution is 9.11. The lowest BCUT2D eigenvalue weighted by atomic mass is 9.92. The molecule has 8 aromatic carbocycles. The second-order valence-electron chi connectivity index (χ2n) is 26.3. The van der Waals surface area contributed by atoms with Crippen molar-refractivity contribution in [2.45, 2.75) is 94.9 Å². The van der Waals surface area contributed by atoms with E-state index in [-0.39, 0.29) is 48.7 Å². The van der Waals surface area contributed by atoms with E-state index < -0.39 is 0 Å². The zero-order chi connectivity index (χ0) is 70.9. The number of benzene rings is 8. The monoisotopic (exact) mass is 1690 g/mol. The first kappa shape index (κ1) is 72.4. The Balaban J connectivity index is 0.000000116. The number of thiocarbonyl (C=S) groups is 1. The van der Waals surface area contributed by atoms with Gasteiger partial charge in [-0.25, -0.2) is 4.79 Å². The van der Waals surface area contributed by atoms with Crippen LogP contribution in [-0.4, -0.2) is 96.5 Å². The molecule has 1 saturated carbocycles. The third kappa shape index (κ3) is 15.3. The van der Waals surface area contributed by atoms with E-state index in [9.17, 15) is 9.59 Å². The maximum atomic E-state index is 12.7. The summed E-state index contributed by atoms with van der Waals surface area (Å²) in [5, 5.41) is 16.2. The summed E-state index contributed by atoms with van der Waals surface area (Å²) in [5.74, 6) is 0.377. The van der Waals surface area contributed by atoms with Crippen molar-refractivity contribution in [1.29, 1.82) is 0 Å². The molecule has 4 atom stereocenters. The van der Waals surface area contributed by atoms with Gasteiger partial charge >= 0.3 is 6.09 Å². The van der Waals surface area contributed by atoms with E-state index in [4.69, 9.17) is 86.6 Å². The Morgan fingerprint density at radius 2 is 0.971 bits per heavy atom. The fourth-order valence-corrected chi connectivity index (χ4v) is 18.0. The number of aromatic nitrogens is 4. The summed E-state index contributed by atoms with van der Waals surface area (Å²) >= 11 is 53.8. The number of ether oxygens (including phenoxy) is 1. The molecule has 0 radical (unpaired) electrons. The number of rotatable bonds is 7. The third-order valence-corrected chi connectivity index (χ3v) is 23.6. The highest BCUT2D eigenvalue weighted by Crippen LogP contribution is 2.45. The summed E-state index contributed by atoms with van der Waals surface area (Å²) in [4.78, 5) is 45.2. The van der Waals surface area contributed by atoms with Gasteiger partial charge in [-0.1, -0.05) is 192 Å². The molecule has 1 aliphatic carbocycles. The molecule has 5 aliphatic rings. The van der Waals surface area contributed by atoms with Crippen molar-refractivity contribution in [1.82, 2.24) is 45.3 Å². The summed E-state index contributed by atoms with van der Waals surface area (Å²) in [5.41, 5.74) is 18.4. The van der Waals surface area contributed by atoms with Crippen molar-refractivity contribution in [3.8, 4) is 0 Å². The molecule has 12 nitrogen and oxygen atoms in total. The van der Waals surface area contributed by atoms with E-state index in [1.54, 1.807) is 11.8 Å². The quantitative estimate of drug-likeness (QED) is 0.0690. The molecule has 0 saturated heterocycles. The Hall–Kier alpha value is -6.51. The molecule has 524 valence electrons. The first-order chi connectivity index (χ1) is 49.5. The fraction of sp³-hybridized carbons (Fsp3) is 0.263. The van der Waals surface area contributed by atoms with Crippen LogP contribution in [0, 0.1) is 0 Å². The highest BCUT2D eigenvalue weighted by atomic mass is 79.9. The van der Waals surface area contributed by atoms with Crippen LogP contribution in [0.5, 0.6) is 0 Å². The number of hydrogen-bond donors (Lipinski definition) is 6. The second-order valence-corrected chi connectivity index (χ2v) is 31.9. The van der Waals surface area contributed by atoms with Crippen molar-refractivity contribution >= 4 is 190 Å². The van der Waals surface area contributed by atoms with Crippen LogP contribution in [-0.2, 0) is 35.2 Å². The van der Waals surface area contributed by atoms with Gasteiger partial charge in [0.2, 0.25) is 5.91 Å². The van der Waals surface area contributed by atoms with Gasteiger partial charge < -0.3 is 45.1 Å². The van der Waals surface area contributed by atoms with Crippen molar-refractivity contribution in [3.05, 3.63) is 276 Å². The maximum absolute atomic E-state index is 12.7. The summed E-state index contributed by atoms with van der Waals surface area (Å²) in [6.07, 6.45) is 9.52. The molecule has 4 unspecified atom stereocenters. The Bertz CT molecular complexity index is 5120. The van der Waals surface area contributed by atoms with Crippen LogP contribution in [0.1, 0.15) is 130 Å². The van der Waals surface area contributed by atoms with Gasteiger partial charge in [0, 0.05) is 134 Å². The zero-order valence-corrected chi connectivity index (χ0v) is 65.6. The third-order valence-electron chi connectivity index (χ3n) is 20.1. The number of carbonyl (C=O) groups is 2. The van der Waals surface area contributed by atoms with Gasteiger partial charge in [-0.3, -0.25) is 9.69 Å². The number of aromatic amines is 4. The minimum absolute atomic E-state index is 0.0298. The number of halogens is 9. The number of fused-ring (bicyclic) bond motifs is 12.